The van der Waals surface area contributed by atoms with Crippen molar-refractivity contribution in [2.45, 2.75) is 0 Å². The summed E-state index contributed by atoms with van der Waals surface area (Å²) in [5, 5.41) is 13.6. The van der Waals surface area contributed by atoms with Gasteiger partial charge in [0.25, 0.3) is 5.09 Å². The van der Waals surface area contributed by atoms with Gasteiger partial charge >= 0.3 is 17.1 Å². The average molecular weight is 154 g/mol. The van der Waals surface area contributed by atoms with Crippen LogP contribution in [0.2, 0.25) is 0 Å². The fourth-order valence-corrected chi connectivity index (χ4v) is 0. The molecule has 0 aliphatic heterocycles. The van der Waals surface area contributed by atoms with Crippen LogP contribution in [0.5, 0.6) is 0 Å². The van der Waals surface area contributed by atoms with E-state index in [1.807, 2.05) is 0 Å². The van der Waals surface area contributed by atoms with Crippen molar-refractivity contribution in [1.29, 1.82) is 0 Å². The molecule has 0 bridgehead atoms. The first-order chi connectivity index (χ1) is 1.73. The van der Waals surface area contributed by atoms with Crippen LogP contribution >= 0.6 is 0 Å². The Kier molecular flexibility index (Phi) is 24.7. The first kappa shape index (κ1) is 16.7. The van der Waals surface area contributed by atoms with Gasteiger partial charge in [0.05, 0.1) is 0 Å². The topological polar surface area (TPSA) is 63.4 Å². The van der Waals surface area contributed by atoms with E-state index in [1.54, 1.807) is 0 Å². The van der Waals surface area contributed by atoms with Gasteiger partial charge in [-0.3, -0.25) is 0 Å². The Morgan fingerprint density at radius 1 is 1.67 bits per heavy atom. The van der Waals surface area contributed by atoms with Crippen LogP contribution in [-0.4, -0.2) is 10.3 Å². The number of hydrogen-bond acceptors (Lipinski definition) is 2. The Morgan fingerprint density at radius 3 is 1.67 bits per heavy atom. The fraction of sp³-hybridized carbons (Fsp3) is 0. The molecule has 0 rings (SSSR count). The van der Waals surface area contributed by atoms with E-state index in [2.05, 4.69) is 0 Å². The Balaban J connectivity index is -0.0000000450. The van der Waals surface area contributed by atoms with Crippen LogP contribution in [0.15, 0.2) is 0 Å². The number of halogens is 1. The molecule has 0 aliphatic rings. The summed E-state index contributed by atoms with van der Waals surface area (Å²) in [5.74, 6) is 0. The van der Waals surface area contributed by atoms with Crippen molar-refractivity contribution in [1.82, 2.24) is 0 Å². The molecule has 0 aromatic heterocycles. The minimum absolute atomic E-state index is 0. The first-order valence-corrected chi connectivity index (χ1v) is 0.565. The molecule has 0 fully saturated rings. The summed E-state index contributed by atoms with van der Waals surface area (Å²) in [5.41, 5.74) is 0. The van der Waals surface area contributed by atoms with E-state index in [-0.39, 0.29) is 29.5 Å². The first-order valence-electron chi connectivity index (χ1n) is 0.565. The third kappa shape index (κ3) is 404000. The summed E-state index contributed by atoms with van der Waals surface area (Å²) in [4.78, 5) is 8.36. The molecule has 0 spiro atoms. The molecule has 4 nitrogen and oxygen atoms in total. The second kappa shape index (κ2) is 8.89. The fourth-order valence-electron chi connectivity index (χ4n) is 0. The summed E-state index contributed by atoms with van der Waals surface area (Å²) in [6.07, 6.45) is 0. The van der Waals surface area contributed by atoms with Crippen LogP contribution in [0, 0.1) is 10.1 Å². The van der Waals surface area contributed by atoms with Crippen LogP contribution in [-0.2, 0) is 17.1 Å². The van der Waals surface area contributed by atoms with Crippen molar-refractivity contribution in [2.75, 3.05) is 0 Å². The molecule has 1 N–H and O–H groups in total. The monoisotopic (exact) mass is 154 g/mol. The zero-order valence-corrected chi connectivity index (χ0v) is 4.30. The molecule has 0 aromatic carbocycles. The van der Waals surface area contributed by atoms with Gasteiger partial charge in [-0.05, 0) is 0 Å². The van der Waals surface area contributed by atoms with E-state index in [9.17, 15) is 0 Å². The van der Waals surface area contributed by atoms with Gasteiger partial charge in [0.15, 0.2) is 0 Å². The Bertz CT molecular complexity index is 33.8. The standard InChI is InChI=1S/ClH.Fe.HNO3/c;;2-1(3)4/h1H;;(H,2,3,4)/q;+2;/p-1. The maximum Gasteiger partial charge on any atom is 2.00 e. The molecule has 0 heterocycles. The van der Waals surface area contributed by atoms with Crippen LogP contribution in [0.1, 0.15) is 0 Å². The van der Waals surface area contributed by atoms with Crippen LogP contribution in [0.4, 0.5) is 0 Å². The van der Waals surface area contributed by atoms with Gasteiger partial charge in [0, 0.05) is 0 Å². The third-order valence-electron chi connectivity index (χ3n) is 0. The predicted octanol–water partition coefficient (Wildman–Crippen LogP) is -3.35. The van der Waals surface area contributed by atoms with Crippen molar-refractivity contribution in [3.8, 4) is 0 Å². The van der Waals surface area contributed by atoms with Crippen molar-refractivity contribution < 1.29 is 39.8 Å². The molecule has 6 heavy (non-hydrogen) atoms. The molecule has 0 unspecified atom stereocenters. The van der Waals surface area contributed by atoms with E-state index in [0.29, 0.717) is 0 Å². The zero-order valence-electron chi connectivity index (χ0n) is 2.44. The maximum atomic E-state index is 8.36. The minimum Gasteiger partial charge on any atom is -1.00 e. The minimum atomic E-state index is -1.50. The Morgan fingerprint density at radius 2 is 1.67 bits per heavy atom. The molecule has 0 radical (unpaired) electrons. The van der Waals surface area contributed by atoms with Gasteiger partial charge in [-0.25, -0.2) is 0 Å². The van der Waals surface area contributed by atoms with E-state index < -0.39 is 5.09 Å². The summed E-state index contributed by atoms with van der Waals surface area (Å²) >= 11 is 0. The van der Waals surface area contributed by atoms with Gasteiger partial charge in [0.1, 0.15) is 0 Å². The molecule has 6 heteroatoms. The second-order valence-corrected chi connectivity index (χ2v) is 0.238. The van der Waals surface area contributed by atoms with E-state index >= 15 is 0 Å². The van der Waals surface area contributed by atoms with Gasteiger partial charge in [0.2, 0.25) is 0 Å². The summed E-state index contributed by atoms with van der Waals surface area (Å²) in [6.45, 7) is 0. The van der Waals surface area contributed by atoms with Gasteiger partial charge in [-0.2, -0.15) is 0 Å². The second-order valence-electron chi connectivity index (χ2n) is 0.238. The molecule has 0 amide bonds. The third-order valence-corrected chi connectivity index (χ3v) is 0. The van der Waals surface area contributed by atoms with E-state index in [1.165, 1.54) is 0 Å². The smallest absolute Gasteiger partial charge is 1.00 e. The summed E-state index contributed by atoms with van der Waals surface area (Å²) in [7, 11) is 0. The van der Waals surface area contributed by atoms with Gasteiger partial charge in [-0.15, -0.1) is 10.1 Å². The van der Waals surface area contributed by atoms with Crippen molar-refractivity contribution in [3.63, 3.8) is 0 Å². The van der Waals surface area contributed by atoms with Crippen molar-refractivity contribution in [2.24, 2.45) is 0 Å². The number of rotatable bonds is 0. The molecular formula is HClFeNO3+. The molecule has 0 saturated heterocycles. The number of nitrogens with zero attached hydrogens (tertiary/aromatic N) is 1. The van der Waals surface area contributed by atoms with Crippen molar-refractivity contribution in [3.05, 3.63) is 10.1 Å². The Hall–Kier alpha value is 0.00948. The van der Waals surface area contributed by atoms with Crippen molar-refractivity contribution >= 4 is 0 Å². The van der Waals surface area contributed by atoms with Gasteiger partial charge < -0.3 is 17.6 Å². The van der Waals surface area contributed by atoms with Crippen LogP contribution in [0.25, 0.3) is 0 Å². The van der Waals surface area contributed by atoms with E-state index in [0.717, 1.165) is 0 Å². The predicted molar refractivity (Wildman–Crippen MR) is 8.78 cm³/mol. The SMILES string of the molecule is O=[N+]([O-])O.[Cl-].[Fe+2]. The maximum absolute atomic E-state index is 8.36. The van der Waals surface area contributed by atoms with E-state index in [4.69, 9.17) is 15.3 Å². The quantitative estimate of drug-likeness (QED) is 0.225. The molecule has 0 atom stereocenters. The molecule has 0 saturated carbocycles. The van der Waals surface area contributed by atoms with Crippen LogP contribution in [0.3, 0.4) is 0 Å². The number of hydrogen-bond donors (Lipinski definition) is 1. The van der Waals surface area contributed by atoms with Gasteiger partial charge in [-0.1, -0.05) is 0 Å². The zero-order chi connectivity index (χ0) is 3.58. The largest absolute Gasteiger partial charge is 2.00 e. The molecule has 0 aromatic rings. The normalized spacial score (nSPS) is 4.00. The average Bonchev–Trinajstić information content (AvgIpc) is 0.811. The molecule has 0 aliphatic carbocycles. The Labute approximate surface area is 50.5 Å². The molecular weight excluding hydrogens is 153 g/mol. The molecule has 38 valence electrons. The summed E-state index contributed by atoms with van der Waals surface area (Å²) in [6, 6.07) is 0. The van der Waals surface area contributed by atoms with Crippen LogP contribution < -0.4 is 12.4 Å². The summed E-state index contributed by atoms with van der Waals surface area (Å²) < 4.78 is 0.